The fraction of sp³-hybridized carbons (Fsp3) is 0.786. The second-order valence-electron chi connectivity index (χ2n) is 12.9. The van der Waals surface area contributed by atoms with Gasteiger partial charge in [0.25, 0.3) is 0 Å². The molecule has 2 spiro atoms. The summed E-state index contributed by atoms with van der Waals surface area (Å²) in [7, 11) is 0. The molecule has 0 aromatic carbocycles. The molecule has 2 aliphatic carbocycles. The van der Waals surface area contributed by atoms with Crippen LogP contribution in [0.25, 0.3) is 0 Å². The number of esters is 2. The van der Waals surface area contributed by atoms with Gasteiger partial charge in [0.2, 0.25) is 0 Å². The fourth-order valence-corrected chi connectivity index (χ4v) is 9.51. The lowest BCUT2D eigenvalue weighted by Gasteiger charge is -2.69. The second-order valence-corrected chi connectivity index (χ2v) is 12.9. The van der Waals surface area contributed by atoms with Crippen molar-refractivity contribution >= 4 is 11.9 Å². The largest absolute Gasteiger partial charge is 0.472 e. The summed E-state index contributed by atoms with van der Waals surface area (Å²) < 4.78 is 29.9. The molecule has 10 atom stereocenters. The maximum absolute atomic E-state index is 13.3. The Balaban J connectivity index is 1.53. The van der Waals surface area contributed by atoms with E-state index < -0.39 is 63.8 Å². The molecule has 0 radical (unpaired) electrons. The molecule has 1 unspecified atom stereocenters. The van der Waals surface area contributed by atoms with E-state index in [1.165, 1.54) is 6.92 Å². The lowest BCUT2D eigenvalue weighted by atomic mass is 9.36. The van der Waals surface area contributed by atoms with Crippen molar-refractivity contribution in [1.29, 1.82) is 0 Å². The minimum atomic E-state index is -1.17. The van der Waals surface area contributed by atoms with Crippen LogP contribution in [0.1, 0.15) is 72.0 Å². The Labute approximate surface area is 216 Å². The van der Waals surface area contributed by atoms with E-state index in [2.05, 4.69) is 6.92 Å². The van der Waals surface area contributed by atoms with Crippen LogP contribution in [0.3, 0.4) is 0 Å². The van der Waals surface area contributed by atoms with E-state index in [9.17, 15) is 19.8 Å². The maximum Gasteiger partial charge on any atom is 0.339 e. The number of rotatable bonds is 3. The molecule has 1 aromatic rings. The number of cyclic esters (lactones) is 1. The summed E-state index contributed by atoms with van der Waals surface area (Å²) in [5.41, 5.74) is -3.69. The highest BCUT2D eigenvalue weighted by Crippen LogP contribution is 2.79. The molecule has 6 rings (SSSR count). The van der Waals surface area contributed by atoms with E-state index in [1.807, 2.05) is 13.0 Å². The summed E-state index contributed by atoms with van der Waals surface area (Å²) in [6, 6.07) is 1.81. The van der Waals surface area contributed by atoms with Gasteiger partial charge >= 0.3 is 11.9 Å². The van der Waals surface area contributed by atoms with E-state index in [-0.39, 0.29) is 18.3 Å². The third kappa shape index (κ3) is 3.00. The standard InChI is InChI=1S/C28H38O9/c1-15(29)35-20-8-11-34-14-27(20)17-6-9-25(4)21(16-7-10-33-13-16)36-23(31)22-28(25,37-22)26(17,5)19(30)12-18(27)24(2,3)32/h7,10,13,17-22,30,32H,6,8-9,11-12,14H2,1-5H3/t17?,18-,19+,20-,21-,22+,25-,26-,27+,28+/m0/s1. The van der Waals surface area contributed by atoms with Crippen LogP contribution in [0.2, 0.25) is 0 Å². The van der Waals surface area contributed by atoms with Crippen molar-refractivity contribution in [1.82, 2.24) is 0 Å². The topological polar surface area (TPSA) is 128 Å². The Morgan fingerprint density at radius 2 is 1.97 bits per heavy atom. The summed E-state index contributed by atoms with van der Waals surface area (Å²) in [6.45, 7) is 9.75. The first-order valence-electron chi connectivity index (χ1n) is 13.4. The van der Waals surface area contributed by atoms with Crippen molar-refractivity contribution in [2.45, 2.75) is 95.9 Å². The minimum Gasteiger partial charge on any atom is -0.472 e. The van der Waals surface area contributed by atoms with Crippen LogP contribution in [0.4, 0.5) is 0 Å². The monoisotopic (exact) mass is 518 g/mol. The van der Waals surface area contributed by atoms with Crippen LogP contribution in [-0.4, -0.2) is 64.9 Å². The van der Waals surface area contributed by atoms with Crippen molar-refractivity contribution in [3.63, 3.8) is 0 Å². The SMILES string of the molecule is CC(=O)O[C@H]1CCOC[C@]12C1CC[C@@]3(C)[C@H](c4ccoc4)OC(=O)[C@H]4O[C@]43[C@]1(C)[C@H](O)C[C@H]2C(C)(C)O. The van der Waals surface area contributed by atoms with Gasteiger partial charge in [-0.05, 0) is 45.1 Å². The first kappa shape index (κ1) is 25.3. The Morgan fingerprint density at radius 3 is 2.62 bits per heavy atom. The van der Waals surface area contributed by atoms with E-state index in [4.69, 9.17) is 23.4 Å². The zero-order valence-corrected chi connectivity index (χ0v) is 22.2. The molecule has 5 fully saturated rings. The number of aliphatic hydroxyl groups excluding tert-OH is 1. The van der Waals surface area contributed by atoms with E-state index in [0.717, 1.165) is 5.56 Å². The van der Waals surface area contributed by atoms with Gasteiger partial charge < -0.3 is 33.6 Å². The molecule has 2 saturated carbocycles. The molecule has 4 heterocycles. The maximum atomic E-state index is 13.3. The van der Waals surface area contributed by atoms with Crippen LogP contribution in [0.5, 0.6) is 0 Å². The molecule has 1 aromatic heterocycles. The smallest absolute Gasteiger partial charge is 0.339 e. The van der Waals surface area contributed by atoms with Crippen LogP contribution in [0.15, 0.2) is 23.0 Å². The highest BCUT2D eigenvalue weighted by atomic mass is 16.7. The lowest BCUT2D eigenvalue weighted by molar-refractivity contribution is -0.303. The summed E-state index contributed by atoms with van der Waals surface area (Å²) in [5.74, 6) is -1.48. The second kappa shape index (κ2) is 7.81. The highest BCUT2D eigenvalue weighted by Gasteiger charge is 2.88. The van der Waals surface area contributed by atoms with E-state index >= 15 is 0 Å². The quantitative estimate of drug-likeness (QED) is 0.458. The van der Waals surface area contributed by atoms with Crippen molar-refractivity contribution < 1.29 is 43.2 Å². The number of carbonyl (C=O) groups is 2. The number of epoxide rings is 1. The molecule has 204 valence electrons. The van der Waals surface area contributed by atoms with Gasteiger partial charge in [0, 0.05) is 41.1 Å². The third-order valence-corrected chi connectivity index (χ3v) is 10.9. The van der Waals surface area contributed by atoms with Gasteiger partial charge in [-0.1, -0.05) is 13.8 Å². The fourth-order valence-electron chi connectivity index (χ4n) is 9.51. The molecule has 0 bridgehead atoms. The molecule has 2 N–H and O–H groups in total. The van der Waals surface area contributed by atoms with Crippen LogP contribution >= 0.6 is 0 Å². The molecule has 9 heteroatoms. The zero-order valence-electron chi connectivity index (χ0n) is 22.2. The van der Waals surface area contributed by atoms with Gasteiger partial charge in [-0.15, -0.1) is 0 Å². The lowest BCUT2D eigenvalue weighted by Crippen LogP contribution is -2.76. The Kier molecular flexibility index (Phi) is 5.35. The van der Waals surface area contributed by atoms with Crippen molar-refractivity contribution in [2.24, 2.45) is 28.1 Å². The molecule has 37 heavy (non-hydrogen) atoms. The number of furan rings is 1. The van der Waals surface area contributed by atoms with Gasteiger partial charge in [0.15, 0.2) is 6.10 Å². The van der Waals surface area contributed by atoms with Gasteiger partial charge in [0.05, 0.1) is 37.4 Å². The Bertz CT molecular complexity index is 1090. The first-order chi connectivity index (χ1) is 17.3. The molecule has 0 amide bonds. The van der Waals surface area contributed by atoms with Crippen molar-refractivity contribution in [3.05, 3.63) is 24.2 Å². The zero-order chi connectivity index (χ0) is 26.6. The predicted octanol–water partition coefficient (Wildman–Crippen LogP) is 2.93. The van der Waals surface area contributed by atoms with E-state index in [1.54, 1.807) is 26.4 Å². The number of fused-ring (bicyclic) bond motifs is 2. The third-order valence-electron chi connectivity index (χ3n) is 10.9. The molecular weight excluding hydrogens is 480 g/mol. The van der Waals surface area contributed by atoms with Crippen LogP contribution < -0.4 is 0 Å². The summed E-state index contributed by atoms with van der Waals surface area (Å²) in [5, 5.41) is 23.5. The van der Waals surface area contributed by atoms with Crippen molar-refractivity contribution in [2.75, 3.05) is 13.2 Å². The number of carbonyl (C=O) groups excluding carboxylic acids is 2. The number of aliphatic hydroxyl groups is 2. The molecule has 3 aliphatic heterocycles. The molecule has 9 nitrogen and oxygen atoms in total. The van der Waals surface area contributed by atoms with Crippen LogP contribution in [-0.2, 0) is 28.5 Å². The summed E-state index contributed by atoms with van der Waals surface area (Å²) in [6.07, 6.45) is 2.48. The van der Waals surface area contributed by atoms with Crippen LogP contribution in [0, 0.1) is 28.1 Å². The van der Waals surface area contributed by atoms with Gasteiger partial charge in [0.1, 0.15) is 17.8 Å². The van der Waals surface area contributed by atoms with Gasteiger partial charge in [-0.2, -0.15) is 0 Å². The average molecular weight is 519 g/mol. The van der Waals surface area contributed by atoms with Crippen molar-refractivity contribution in [3.8, 4) is 0 Å². The molecule has 5 aliphatic rings. The minimum absolute atomic E-state index is 0.251. The average Bonchev–Trinajstić information content (AvgIpc) is 3.39. The summed E-state index contributed by atoms with van der Waals surface area (Å²) in [4.78, 5) is 25.6. The predicted molar refractivity (Wildman–Crippen MR) is 128 cm³/mol. The number of hydrogen-bond acceptors (Lipinski definition) is 9. The Morgan fingerprint density at radius 1 is 1.22 bits per heavy atom. The Hall–Kier alpha value is -1.94. The molecule has 3 saturated heterocycles. The molecular formula is C28H38O9. The number of ether oxygens (including phenoxy) is 4. The summed E-state index contributed by atoms with van der Waals surface area (Å²) >= 11 is 0. The normalized spacial score (nSPS) is 48.9. The number of hydrogen-bond donors (Lipinski definition) is 2. The first-order valence-corrected chi connectivity index (χ1v) is 13.4. The van der Waals surface area contributed by atoms with Gasteiger partial charge in [-0.25, -0.2) is 4.79 Å². The van der Waals surface area contributed by atoms with E-state index in [0.29, 0.717) is 32.5 Å². The highest BCUT2D eigenvalue weighted by molar-refractivity contribution is 5.82. The van der Waals surface area contributed by atoms with Gasteiger partial charge in [-0.3, -0.25) is 4.79 Å².